The van der Waals surface area contributed by atoms with E-state index >= 15 is 0 Å². The highest BCUT2D eigenvalue weighted by molar-refractivity contribution is 9.10. The number of methoxy groups -OCH3 is 1. The molecule has 3 rings (SSSR count). The number of rotatable bonds is 5. The molecular weight excluding hydrogens is 429 g/mol. The standard InChI is InChI=1S/C21H19BrFNO4/c1-12-11-14(5-8-16(12)22)19(25)17-18(13-3-6-15(23)7-4-13)24(9-10-28-2)21(27)20(17)26/h3-8,11,18,25H,9-10H2,1-2H3/b19-17-. The van der Waals surface area contributed by atoms with Crippen molar-refractivity contribution in [3.8, 4) is 0 Å². The molecule has 7 heteroatoms. The highest BCUT2D eigenvalue weighted by Crippen LogP contribution is 2.39. The third kappa shape index (κ3) is 3.72. The van der Waals surface area contributed by atoms with Gasteiger partial charge in [0.05, 0.1) is 18.2 Å². The summed E-state index contributed by atoms with van der Waals surface area (Å²) in [5.74, 6) is -2.19. The van der Waals surface area contributed by atoms with Crippen LogP contribution in [0.25, 0.3) is 5.76 Å². The van der Waals surface area contributed by atoms with Gasteiger partial charge in [-0.25, -0.2) is 4.39 Å². The Bertz CT molecular complexity index is 955. The number of aliphatic hydroxyl groups is 1. The van der Waals surface area contributed by atoms with Crippen LogP contribution in [0, 0.1) is 12.7 Å². The smallest absolute Gasteiger partial charge is 0.295 e. The number of aryl methyl sites for hydroxylation is 1. The molecule has 1 aliphatic rings. The molecule has 1 fully saturated rings. The van der Waals surface area contributed by atoms with Crippen LogP contribution in [-0.2, 0) is 14.3 Å². The van der Waals surface area contributed by atoms with Crippen molar-refractivity contribution in [1.82, 2.24) is 4.90 Å². The maximum absolute atomic E-state index is 13.4. The maximum Gasteiger partial charge on any atom is 0.295 e. The normalized spacial score (nSPS) is 18.7. The van der Waals surface area contributed by atoms with E-state index in [2.05, 4.69) is 15.9 Å². The number of hydrogen-bond donors (Lipinski definition) is 1. The minimum atomic E-state index is -0.820. The highest BCUT2D eigenvalue weighted by atomic mass is 79.9. The molecule has 5 nitrogen and oxygen atoms in total. The molecule has 1 heterocycles. The van der Waals surface area contributed by atoms with E-state index in [4.69, 9.17) is 4.74 Å². The highest BCUT2D eigenvalue weighted by Gasteiger charge is 2.45. The van der Waals surface area contributed by atoms with Gasteiger partial charge in [0.25, 0.3) is 11.7 Å². The first-order valence-corrected chi connectivity index (χ1v) is 9.43. The lowest BCUT2D eigenvalue weighted by atomic mass is 9.95. The van der Waals surface area contributed by atoms with Gasteiger partial charge in [-0.2, -0.15) is 0 Å². The van der Waals surface area contributed by atoms with Crippen molar-refractivity contribution in [2.24, 2.45) is 0 Å². The summed E-state index contributed by atoms with van der Waals surface area (Å²) in [6.07, 6.45) is 0. The van der Waals surface area contributed by atoms with Gasteiger partial charge in [-0.3, -0.25) is 9.59 Å². The Kier molecular flexibility index (Phi) is 5.96. The van der Waals surface area contributed by atoms with Crippen LogP contribution in [0.2, 0.25) is 0 Å². The molecule has 0 radical (unpaired) electrons. The molecule has 0 saturated carbocycles. The number of halogens is 2. The van der Waals surface area contributed by atoms with Crippen LogP contribution >= 0.6 is 15.9 Å². The number of aliphatic hydroxyl groups excluding tert-OH is 1. The molecule has 1 atom stereocenters. The fourth-order valence-electron chi connectivity index (χ4n) is 3.24. The van der Waals surface area contributed by atoms with Crippen molar-refractivity contribution in [3.63, 3.8) is 0 Å². The second-order valence-corrected chi connectivity index (χ2v) is 7.36. The van der Waals surface area contributed by atoms with Crippen LogP contribution in [0.15, 0.2) is 52.5 Å². The van der Waals surface area contributed by atoms with E-state index in [1.165, 1.54) is 36.3 Å². The van der Waals surface area contributed by atoms with Crippen molar-refractivity contribution in [2.45, 2.75) is 13.0 Å². The maximum atomic E-state index is 13.4. The Hall–Kier alpha value is -2.51. The number of amides is 1. The lowest BCUT2D eigenvalue weighted by Gasteiger charge is -2.25. The van der Waals surface area contributed by atoms with Crippen LogP contribution < -0.4 is 0 Å². The lowest BCUT2D eigenvalue weighted by molar-refractivity contribution is -0.140. The zero-order chi connectivity index (χ0) is 20.4. The quantitative estimate of drug-likeness (QED) is 0.427. The summed E-state index contributed by atoms with van der Waals surface area (Å²) >= 11 is 3.40. The zero-order valence-electron chi connectivity index (χ0n) is 15.4. The van der Waals surface area contributed by atoms with Gasteiger partial charge < -0.3 is 14.7 Å². The van der Waals surface area contributed by atoms with Crippen molar-refractivity contribution in [3.05, 3.63) is 75.0 Å². The first-order chi connectivity index (χ1) is 13.3. The van der Waals surface area contributed by atoms with Crippen LogP contribution in [0.4, 0.5) is 4.39 Å². The van der Waals surface area contributed by atoms with E-state index in [0.717, 1.165) is 10.0 Å². The SMILES string of the molecule is COCCN1C(=O)C(=O)/C(=C(\O)c2ccc(Br)c(C)c2)C1c1ccc(F)cc1. The van der Waals surface area contributed by atoms with E-state index in [9.17, 15) is 19.1 Å². The Morgan fingerprint density at radius 3 is 2.50 bits per heavy atom. The largest absolute Gasteiger partial charge is 0.507 e. The van der Waals surface area contributed by atoms with Crippen LogP contribution in [0.5, 0.6) is 0 Å². The summed E-state index contributed by atoms with van der Waals surface area (Å²) in [4.78, 5) is 26.7. The predicted octanol–water partition coefficient (Wildman–Crippen LogP) is 3.96. The number of carbonyl (C=O) groups excluding carboxylic acids is 2. The summed E-state index contributed by atoms with van der Waals surface area (Å²) in [7, 11) is 1.49. The van der Waals surface area contributed by atoms with E-state index in [1.807, 2.05) is 6.92 Å². The molecule has 0 spiro atoms. The molecule has 28 heavy (non-hydrogen) atoms. The minimum absolute atomic E-state index is 0.0190. The predicted molar refractivity (Wildman–Crippen MR) is 106 cm³/mol. The Balaban J connectivity index is 2.17. The molecule has 0 aromatic heterocycles. The number of nitrogens with zero attached hydrogens (tertiary/aromatic N) is 1. The number of hydrogen-bond acceptors (Lipinski definition) is 4. The van der Waals surface area contributed by atoms with E-state index < -0.39 is 23.5 Å². The molecule has 1 amide bonds. The summed E-state index contributed by atoms with van der Waals surface area (Å²) in [5, 5.41) is 10.9. The lowest BCUT2D eigenvalue weighted by Crippen LogP contribution is -2.32. The molecule has 1 unspecified atom stereocenters. The summed E-state index contributed by atoms with van der Waals surface area (Å²) in [5.41, 5.74) is 1.81. The molecule has 1 saturated heterocycles. The molecule has 2 aromatic carbocycles. The molecular formula is C21H19BrFNO4. The van der Waals surface area contributed by atoms with Crippen molar-refractivity contribution >= 4 is 33.4 Å². The molecule has 1 N–H and O–H groups in total. The number of carbonyl (C=O) groups is 2. The first kappa shape index (κ1) is 20.2. The number of ether oxygens (including phenoxy) is 1. The fraction of sp³-hybridized carbons (Fsp3) is 0.238. The van der Waals surface area contributed by atoms with Crippen molar-refractivity contribution in [1.29, 1.82) is 0 Å². The van der Waals surface area contributed by atoms with Crippen LogP contribution in [0.1, 0.15) is 22.7 Å². The molecule has 0 bridgehead atoms. The first-order valence-electron chi connectivity index (χ1n) is 8.64. The fourth-order valence-corrected chi connectivity index (χ4v) is 3.49. The third-order valence-corrected chi connectivity index (χ3v) is 5.58. The monoisotopic (exact) mass is 447 g/mol. The Labute approximate surface area is 170 Å². The van der Waals surface area contributed by atoms with E-state index in [-0.39, 0.29) is 24.5 Å². The third-order valence-electron chi connectivity index (χ3n) is 4.69. The zero-order valence-corrected chi connectivity index (χ0v) is 17.0. The van der Waals surface area contributed by atoms with Gasteiger partial charge >= 0.3 is 0 Å². The van der Waals surface area contributed by atoms with Gasteiger partial charge in [0.1, 0.15) is 11.6 Å². The summed E-state index contributed by atoms with van der Waals surface area (Å²) in [6.45, 7) is 2.25. The van der Waals surface area contributed by atoms with Gasteiger partial charge in [-0.1, -0.05) is 34.1 Å². The van der Waals surface area contributed by atoms with Crippen molar-refractivity contribution < 1.29 is 23.8 Å². The van der Waals surface area contributed by atoms with Gasteiger partial charge in [0, 0.05) is 23.7 Å². The number of Topliss-reactive ketones (excluding diaryl/α,β-unsaturated/α-hetero) is 1. The van der Waals surface area contributed by atoms with E-state index in [0.29, 0.717) is 11.1 Å². The van der Waals surface area contributed by atoms with Gasteiger partial charge in [-0.05, 0) is 42.3 Å². The average molecular weight is 448 g/mol. The minimum Gasteiger partial charge on any atom is -0.507 e. The van der Waals surface area contributed by atoms with Gasteiger partial charge in [0.15, 0.2) is 0 Å². The molecule has 0 aliphatic carbocycles. The molecule has 2 aromatic rings. The number of likely N-dealkylation sites (tertiary alicyclic amines) is 1. The van der Waals surface area contributed by atoms with E-state index in [1.54, 1.807) is 18.2 Å². The second-order valence-electron chi connectivity index (χ2n) is 6.50. The number of ketones is 1. The molecule has 146 valence electrons. The van der Waals surface area contributed by atoms with Crippen LogP contribution in [-0.4, -0.2) is 42.0 Å². The van der Waals surface area contributed by atoms with Gasteiger partial charge in [0.2, 0.25) is 0 Å². The summed E-state index contributed by atoms with van der Waals surface area (Å²) < 4.78 is 19.3. The Morgan fingerprint density at radius 1 is 1.21 bits per heavy atom. The topological polar surface area (TPSA) is 66.8 Å². The molecule has 1 aliphatic heterocycles. The van der Waals surface area contributed by atoms with Crippen LogP contribution in [0.3, 0.4) is 0 Å². The number of benzene rings is 2. The summed E-state index contributed by atoms with van der Waals surface area (Å²) in [6, 6.07) is 9.86. The van der Waals surface area contributed by atoms with Crippen molar-refractivity contribution in [2.75, 3.05) is 20.3 Å². The Morgan fingerprint density at radius 2 is 1.89 bits per heavy atom. The second kappa shape index (κ2) is 8.24. The average Bonchev–Trinajstić information content (AvgIpc) is 2.93. The van der Waals surface area contributed by atoms with Gasteiger partial charge in [-0.15, -0.1) is 0 Å².